The van der Waals surface area contributed by atoms with Crippen molar-refractivity contribution < 1.29 is 14.3 Å². The van der Waals surface area contributed by atoms with Crippen LogP contribution in [0, 0.1) is 0 Å². The molecule has 1 aliphatic heterocycles. The standard InChI is InChI=1S/C29H27BrN4O3S/c1-3-38-29-32-28-31-19(2)25(27(35)37-18-20-7-5-4-6-8-20)26(34(28)33-29)22-11-15-24(16-12-22)36-17-21-9-13-23(30)14-10-21/h4-16,26H,3,17-18H2,1-2H3,(H,31,32,33). The quantitative estimate of drug-likeness (QED) is 0.170. The van der Waals surface area contributed by atoms with E-state index in [-0.39, 0.29) is 6.61 Å². The van der Waals surface area contributed by atoms with Gasteiger partial charge >= 0.3 is 5.97 Å². The molecule has 5 rings (SSSR count). The van der Waals surface area contributed by atoms with Gasteiger partial charge in [-0.1, -0.05) is 89.2 Å². The number of hydrogen-bond donors (Lipinski definition) is 1. The molecule has 0 saturated carbocycles. The molecule has 194 valence electrons. The number of aromatic nitrogens is 3. The van der Waals surface area contributed by atoms with Crippen LogP contribution in [0.15, 0.2) is 99.8 Å². The fraction of sp³-hybridized carbons (Fsp3) is 0.207. The number of halogens is 1. The van der Waals surface area contributed by atoms with Gasteiger partial charge in [0, 0.05) is 10.2 Å². The molecule has 38 heavy (non-hydrogen) atoms. The van der Waals surface area contributed by atoms with Gasteiger partial charge in [-0.15, -0.1) is 5.10 Å². The number of nitrogens with zero attached hydrogens (tertiary/aromatic N) is 3. The number of nitrogens with one attached hydrogen (secondary N) is 1. The van der Waals surface area contributed by atoms with Crippen LogP contribution in [0.3, 0.4) is 0 Å². The molecule has 0 radical (unpaired) electrons. The Bertz CT molecular complexity index is 1440. The molecule has 0 amide bonds. The normalized spacial score (nSPS) is 14.6. The number of hydrogen-bond acceptors (Lipinski definition) is 7. The first kappa shape index (κ1) is 26.1. The zero-order chi connectivity index (χ0) is 26.5. The van der Waals surface area contributed by atoms with Crippen LogP contribution in [0.4, 0.5) is 5.95 Å². The van der Waals surface area contributed by atoms with Crippen LogP contribution in [-0.2, 0) is 22.7 Å². The van der Waals surface area contributed by atoms with E-state index in [0.717, 1.165) is 32.7 Å². The summed E-state index contributed by atoms with van der Waals surface area (Å²) in [4.78, 5) is 18.1. The summed E-state index contributed by atoms with van der Waals surface area (Å²) in [6.07, 6.45) is 0. The van der Waals surface area contributed by atoms with E-state index in [9.17, 15) is 4.79 Å². The van der Waals surface area contributed by atoms with E-state index < -0.39 is 12.0 Å². The second-order valence-corrected chi connectivity index (χ2v) is 10.9. The Hall–Kier alpha value is -3.56. The molecular weight excluding hydrogens is 564 g/mol. The van der Waals surface area contributed by atoms with Crippen molar-refractivity contribution >= 4 is 39.6 Å². The maximum absolute atomic E-state index is 13.4. The van der Waals surface area contributed by atoms with Gasteiger partial charge in [-0.3, -0.25) is 0 Å². The molecule has 2 heterocycles. The highest BCUT2D eigenvalue weighted by molar-refractivity contribution is 9.10. The van der Waals surface area contributed by atoms with Crippen molar-refractivity contribution in [1.82, 2.24) is 14.8 Å². The molecular formula is C29H27BrN4O3S. The second kappa shape index (κ2) is 11.9. The molecule has 4 aromatic rings. The van der Waals surface area contributed by atoms with Gasteiger partial charge in [0.1, 0.15) is 25.0 Å². The molecule has 7 nitrogen and oxygen atoms in total. The Balaban J connectivity index is 1.41. The first-order valence-electron chi connectivity index (χ1n) is 12.3. The fourth-order valence-corrected chi connectivity index (χ4v) is 5.01. The predicted octanol–water partition coefficient (Wildman–Crippen LogP) is 6.76. The Kier molecular flexibility index (Phi) is 8.14. The van der Waals surface area contributed by atoms with Crippen LogP contribution < -0.4 is 10.1 Å². The number of allylic oxidation sites excluding steroid dienone is 1. The summed E-state index contributed by atoms with van der Waals surface area (Å²) in [5.74, 6) is 1.78. The van der Waals surface area contributed by atoms with Crippen molar-refractivity contribution in [2.45, 2.75) is 38.3 Å². The average molecular weight is 592 g/mol. The monoisotopic (exact) mass is 590 g/mol. The number of carbonyl (C=O) groups excluding carboxylic acids is 1. The molecule has 0 fully saturated rings. The highest BCUT2D eigenvalue weighted by Gasteiger charge is 2.35. The topological polar surface area (TPSA) is 78.3 Å². The summed E-state index contributed by atoms with van der Waals surface area (Å²) >= 11 is 5.01. The van der Waals surface area contributed by atoms with Crippen LogP contribution in [0.2, 0.25) is 0 Å². The zero-order valence-electron chi connectivity index (χ0n) is 21.1. The van der Waals surface area contributed by atoms with Gasteiger partial charge in [-0.05, 0) is 53.6 Å². The number of benzene rings is 3. The number of carbonyl (C=O) groups is 1. The van der Waals surface area contributed by atoms with Crippen LogP contribution in [0.5, 0.6) is 5.75 Å². The summed E-state index contributed by atoms with van der Waals surface area (Å²) < 4.78 is 14.5. The molecule has 0 spiro atoms. The summed E-state index contributed by atoms with van der Waals surface area (Å²) in [5, 5.41) is 8.62. The van der Waals surface area contributed by atoms with Gasteiger partial charge < -0.3 is 14.8 Å². The van der Waals surface area contributed by atoms with E-state index in [1.165, 1.54) is 0 Å². The average Bonchev–Trinajstić information content (AvgIpc) is 3.33. The van der Waals surface area contributed by atoms with E-state index in [4.69, 9.17) is 14.6 Å². The van der Waals surface area contributed by atoms with Gasteiger partial charge in [0.2, 0.25) is 11.1 Å². The van der Waals surface area contributed by atoms with Gasteiger partial charge in [0.15, 0.2) is 0 Å². The maximum atomic E-state index is 13.4. The van der Waals surface area contributed by atoms with Crippen molar-refractivity contribution in [3.05, 3.63) is 111 Å². The zero-order valence-corrected chi connectivity index (χ0v) is 23.5. The molecule has 1 unspecified atom stereocenters. The highest BCUT2D eigenvalue weighted by Crippen LogP contribution is 2.37. The largest absolute Gasteiger partial charge is 0.489 e. The number of thioether (sulfide) groups is 1. The summed E-state index contributed by atoms with van der Waals surface area (Å²) in [7, 11) is 0. The van der Waals surface area contributed by atoms with Crippen molar-refractivity contribution in [2.24, 2.45) is 0 Å². The van der Waals surface area contributed by atoms with Gasteiger partial charge in [0.25, 0.3) is 0 Å². The third kappa shape index (κ3) is 5.95. The maximum Gasteiger partial charge on any atom is 0.338 e. The molecule has 0 aliphatic carbocycles. The van der Waals surface area contributed by atoms with Crippen LogP contribution >= 0.6 is 27.7 Å². The third-order valence-electron chi connectivity index (χ3n) is 6.05. The van der Waals surface area contributed by atoms with Gasteiger partial charge in [-0.25, -0.2) is 9.48 Å². The number of rotatable bonds is 9. The van der Waals surface area contributed by atoms with E-state index in [2.05, 4.69) is 33.2 Å². The summed E-state index contributed by atoms with van der Waals surface area (Å²) in [5.41, 5.74) is 4.07. The third-order valence-corrected chi connectivity index (χ3v) is 7.30. The van der Waals surface area contributed by atoms with Crippen molar-refractivity contribution in [2.75, 3.05) is 11.1 Å². The molecule has 1 N–H and O–H groups in total. The molecule has 1 aliphatic rings. The lowest BCUT2D eigenvalue weighted by Crippen LogP contribution is -2.29. The molecule has 3 aromatic carbocycles. The number of anilines is 1. The molecule has 0 bridgehead atoms. The van der Waals surface area contributed by atoms with Crippen LogP contribution in [0.25, 0.3) is 0 Å². The number of esters is 1. The Morgan fingerprint density at radius 1 is 1.00 bits per heavy atom. The molecule has 1 atom stereocenters. The second-order valence-electron chi connectivity index (χ2n) is 8.71. The lowest BCUT2D eigenvalue weighted by molar-refractivity contribution is -0.140. The summed E-state index contributed by atoms with van der Waals surface area (Å²) in [6.45, 7) is 4.57. The predicted molar refractivity (Wildman–Crippen MR) is 152 cm³/mol. The fourth-order valence-electron chi connectivity index (χ4n) is 4.19. The number of fused-ring (bicyclic) bond motifs is 1. The Morgan fingerprint density at radius 3 is 2.42 bits per heavy atom. The highest BCUT2D eigenvalue weighted by atomic mass is 79.9. The minimum atomic E-state index is -0.492. The molecule has 9 heteroatoms. The van der Waals surface area contributed by atoms with E-state index in [0.29, 0.717) is 29.0 Å². The lowest BCUT2D eigenvalue weighted by Gasteiger charge is -2.28. The van der Waals surface area contributed by atoms with Crippen LogP contribution in [-0.4, -0.2) is 26.5 Å². The molecule has 0 saturated heterocycles. The minimum absolute atomic E-state index is 0.188. The number of ether oxygens (including phenoxy) is 2. The smallest absolute Gasteiger partial charge is 0.338 e. The summed E-state index contributed by atoms with van der Waals surface area (Å²) in [6, 6.07) is 24.9. The van der Waals surface area contributed by atoms with E-state index >= 15 is 0 Å². The van der Waals surface area contributed by atoms with Crippen molar-refractivity contribution in [3.8, 4) is 5.75 Å². The van der Waals surface area contributed by atoms with Crippen LogP contribution in [0.1, 0.15) is 36.6 Å². The molecule has 1 aromatic heterocycles. The Morgan fingerprint density at radius 2 is 1.71 bits per heavy atom. The minimum Gasteiger partial charge on any atom is -0.489 e. The van der Waals surface area contributed by atoms with E-state index in [1.54, 1.807) is 16.4 Å². The SMILES string of the molecule is CCSc1nc2n(n1)C(c1ccc(OCc3ccc(Br)cc3)cc1)C(C(=O)OCc1ccccc1)=C(C)N2. The first-order chi connectivity index (χ1) is 18.5. The lowest BCUT2D eigenvalue weighted by atomic mass is 9.95. The van der Waals surface area contributed by atoms with Crippen molar-refractivity contribution in [3.63, 3.8) is 0 Å². The van der Waals surface area contributed by atoms with Crippen molar-refractivity contribution in [1.29, 1.82) is 0 Å². The van der Waals surface area contributed by atoms with Gasteiger partial charge in [-0.2, -0.15) is 4.98 Å². The van der Waals surface area contributed by atoms with Gasteiger partial charge in [0.05, 0.1) is 5.57 Å². The first-order valence-corrected chi connectivity index (χ1v) is 14.0. The van der Waals surface area contributed by atoms with E-state index in [1.807, 2.05) is 85.8 Å². The Labute approximate surface area is 234 Å².